The van der Waals surface area contributed by atoms with Crippen LogP contribution in [0.2, 0.25) is 5.02 Å². The van der Waals surface area contributed by atoms with Crippen LogP contribution in [0.5, 0.6) is 0 Å². The molecule has 0 aliphatic carbocycles. The van der Waals surface area contributed by atoms with E-state index >= 15 is 0 Å². The Labute approximate surface area is 93.0 Å². The predicted molar refractivity (Wildman–Crippen MR) is 61.6 cm³/mol. The van der Waals surface area contributed by atoms with Gasteiger partial charge in [-0.25, -0.2) is 4.39 Å². The summed E-state index contributed by atoms with van der Waals surface area (Å²) < 4.78 is 13.5. The molecule has 1 atom stereocenters. The lowest BCUT2D eigenvalue weighted by atomic mass is 10.1. The van der Waals surface area contributed by atoms with Gasteiger partial charge >= 0.3 is 0 Å². The molecule has 0 heterocycles. The van der Waals surface area contributed by atoms with E-state index in [1.165, 1.54) is 6.07 Å². The van der Waals surface area contributed by atoms with Crippen LogP contribution in [0, 0.1) is 5.82 Å². The summed E-state index contributed by atoms with van der Waals surface area (Å²) in [4.78, 5) is 0. The highest BCUT2D eigenvalue weighted by Crippen LogP contribution is 2.22. The lowest BCUT2D eigenvalue weighted by Gasteiger charge is -2.16. The summed E-state index contributed by atoms with van der Waals surface area (Å²) in [7, 11) is 1.83. The first-order valence-corrected chi connectivity index (χ1v) is 6.07. The summed E-state index contributed by atoms with van der Waals surface area (Å²) in [5, 5.41) is 3.51. The molecule has 0 spiro atoms. The third-order valence-electron chi connectivity index (χ3n) is 2.02. The van der Waals surface area contributed by atoms with Crippen molar-refractivity contribution in [2.45, 2.75) is 6.04 Å². The quantitative estimate of drug-likeness (QED) is 0.858. The molecule has 0 saturated heterocycles. The Bertz CT molecular complexity index is 306. The van der Waals surface area contributed by atoms with Crippen LogP contribution < -0.4 is 5.32 Å². The van der Waals surface area contributed by atoms with Gasteiger partial charge in [-0.2, -0.15) is 11.8 Å². The second kappa shape index (κ2) is 5.59. The van der Waals surface area contributed by atoms with Crippen molar-refractivity contribution in [2.24, 2.45) is 0 Å². The predicted octanol–water partition coefficient (Wildman–Crippen LogP) is 3.10. The van der Waals surface area contributed by atoms with Crippen molar-refractivity contribution < 1.29 is 4.39 Å². The van der Waals surface area contributed by atoms with Crippen LogP contribution in [-0.2, 0) is 0 Å². The summed E-state index contributed by atoms with van der Waals surface area (Å²) in [6, 6.07) is 4.84. The first-order valence-electron chi connectivity index (χ1n) is 4.30. The van der Waals surface area contributed by atoms with Gasteiger partial charge in [0.05, 0.1) is 0 Å². The van der Waals surface area contributed by atoms with E-state index in [0.717, 1.165) is 5.75 Å². The van der Waals surface area contributed by atoms with Crippen LogP contribution in [-0.4, -0.2) is 19.1 Å². The van der Waals surface area contributed by atoms with Gasteiger partial charge in [-0.05, 0) is 25.4 Å². The van der Waals surface area contributed by atoms with Crippen molar-refractivity contribution in [1.29, 1.82) is 0 Å². The van der Waals surface area contributed by atoms with Gasteiger partial charge in [0.1, 0.15) is 5.82 Å². The van der Waals surface area contributed by atoms with Crippen LogP contribution in [0.15, 0.2) is 18.2 Å². The highest BCUT2D eigenvalue weighted by molar-refractivity contribution is 7.98. The zero-order valence-electron chi connectivity index (χ0n) is 8.18. The molecule has 0 aliphatic heterocycles. The molecule has 1 aromatic rings. The number of benzene rings is 1. The fourth-order valence-corrected chi connectivity index (χ4v) is 2.12. The van der Waals surface area contributed by atoms with E-state index in [-0.39, 0.29) is 11.9 Å². The van der Waals surface area contributed by atoms with Gasteiger partial charge in [-0.15, -0.1) is 0 Å². The summed E-state index contributed by atoms with van der Waals surface area (Å²) in [6.45, 7) is 0. The van der Waals surface area contributed by atoms with Gasteiger partial charge in [0.2, 0.25) is 0 Å². The number of thioether (sulfide) groups is 1. The second-order valence-corrected chi connectivity index (χ2v) is 4.31. The minimum absolute atomic E-state index is 0.0438. The average molecular weight is 234 g/mol. The lowest BCUT2D eigenvalue weighted by molar-refractivity contribution is 0.566. The second-order valence-electron chi connectivity index (χ2n) is 2.96. The Kier molecular flexibility index (Phi) is 4.72. The van der Waals surface area contributed by atoms with Gasteiger partial charge < -0.3 is 5.32 Å². The van der Waals surface area contributed by atoms with E-state index < -0.39 is 0 Å². The summed E-state index contributed by atoms with van der Waals surface area (Å²) >= 11 is 7.36. The third-order valence-corrected chi connectivity index (χ3v) is 2.92. The Morgan fingerprint density at radius 3 is 2.79 bits per heavy atom. The number of nitrogens with one attached hydrogen (secondary N) is 1. The molecule has 0 saturated carbocycles. The maximum atomic E-state index is 13.5. The van der Waals surface area contributed by atoms with E-state index in [4.69, 9.17) is 11.6 Å². The first kappa shape index (κ1) is 11.8. The minimum atomic E-state index is -0.245. The Balaban J connectivity index is 2.92. The van der Waals surface area contributed by atoms with Crippen LogP contribution in [0.25, 0.3) is 0 Å². The number of hydrogen-bond acceptors (Lipinski definition) is 2. The zero-order chi connectivity index (χ0) is 10.6. The van der Waals surface area contributed by atoms with Crippen molar-refractivity contribution in [1.82, 2.24) is 5.32 Å². The van der Waals surface area contributed by atoms with Crippen molar-refractivity contribution in [3.8, 4) is 0 Å². The zero-order valence-corrected chi connectivity index (χ0v) is 9.75. The maximum Gasteiger partial charge on any atom is 0.129 e. The fourth-order valence-electron chi connectivity index (χ4n) is 1.28. The number of hydrogen-bond donors (Lipinski definition) is 1. The molecule has 1 nitrogen and oxygen atoms in total. The molecule has 0 fully saturated rings. The fraction of sp³-hybridized carbons (Fsp3) is 0.400. The standard InChI is InChI=1S/C10H13ClFNS/c1-13-10(6-14-2)8-4-3-7(11)5-9(8)12/h3-5,10,13H,6H2,1-2H3. The van der Waals surface area contributed by atoms with E-state index in [0.29, 0.717) is 10.6 Å². The summed E-state index contributed by atoms with van der Waals surface area (Å²) in [5.74, 6) is 0.598. The molecule has 14 heavy (non-hydrogen) atoms. The SMILES string of the molecule is CNC(CSC)c1ccc(Cl)cc1F. The van der Waals surface area contributed by atoms with Gasteiger partial charge in [0, 0.05) is 22.4 Å². The lowest BCUT2D eigenvalue weighted by Crippen LogP contribution is -2.19. The van der Waals surface area contributed by atoms with E-state index in [2.05, 4.69) is 5.32 Å². The monoisotopic (exact) mass is 233 g/mol. The van der Waals surface area contributed by atoms with E-state index in [1.807, 2.05) is 13.3 Å². The topological polar surface area (TPSA) is 12.0 Å². The maximum absolute atomic E-state index is 13.5. The molecule has 0 radical (unpaired) electrons. The molecule has 0 aliphatic rings. The smallest absolute Gasteiger partial charge is 0.129 e. The normalized spacial score (nSPS) is 12.9. The molecule has 1 aromatic carbocycles. The molecule has 1 rings (SSSR count). The molecule has 1 unspecified atom stereocenters. The summed E-state index contributed by atoms with van der Waals surface area (Å²) in [6.07, 6.45) is 2.00. The molecule has 0 amide bonds. The van der Waals surface area contributed by atoms with Gasteiger partial charge in [0.15, 0.2) is 0 Å². The molecule has 4 heteroatoms. The number of rotatable bonds is 4. The largest absolute Gasteiger partial charge is 0.312 e. The van der Waals surface area contributed by atoms with Crippen molar-refractivity contribution in [2.75, 3.05) is 19.1 Å². The van der Waals surface area contributed by atoms with Crippen LogP contribution in [0.3, 0.4) is 0 Å². The third kappa shape index (κ3) is 2.87. The highest BCUT2D eigenvalue weighted by atomic mass is 35.5. The molecule has 0 aromatic heterocycles. The van der Waals surface area contributed by atoms with Crippen molar-refractivity contribution >= 4 is 23.4 Å². The van der Waals surface area contributed by atoms with Crippen LogP contribution in [0.4, 0.5) is 4.39 Å². The molecular weight excluding hydrogens is 221 g/mol. The Morgan fingerprint density at radius 2 is 2.29 bits per heavy atom. The van der Waals surface area contributed by atoms with Gasteiger partial charge in [-0.1, -0.05) is 17.7 Å². The summed E-state index contributed by atoms with van der Waals surface area (Å²) in [5.41, 5.74) is 0.672. The Hall–Kier alpha value is -0.250. The highest BCUT2D eigenvalue weighted by Gasteiger charge is 2.13. The van der Waals surface area contributed by atoms with Gasteiger partial charge in [-0.3, -0.25) is 0 Å². The first-order chi connectivity index (χ1) is 6.69. The van der Waals surface area contributed by atoms with Crippen molar-refractivity contribution in [3.63, 3.8) is 0 Å². The molecular formula is C10H13ClFNS. The molecule has 0 bridgehead atoms. The van der Waals surface area contributed by atoms with Crippen LogP contribution >= 0.6 is 23.4 Å². The van der Waals surface area contributed by atoms with E-state index in [9.17, 15) is 4.39 Å². The van der Waals surface area contributed by atoms with E-state index in [1.54, 1.807) is 23.9 Å². The average Bonchev–Trinajstić information content (AvgIpc) is 2.15. The van der Waals surface area contributed by atoms with Crippen LogP contribution in [0.1, 0.15) is 11.6 Å². The number of halogens is 2. The van der Waals surface area contributed by atoms with Crippen molar-refractivity contribution in [3.05, 3.63) is 34.6 Å². The Morgan fingerprint density at radius 1 is 1.57 bits per heavy atom. The molecule has 78 valence electrons. The molecule has 1 N–H and O–H groups in total. The minimum Gasteiger partial charge on any atom is -0.312 e. The van der Waals surface area contributed by atoms with Gasteiger partial charge in [0.25, 0.3) is 0 Å².